The van der Waals surface area contributed by atoms with Gasteiger partial charge in [-0.2, -0.15) is 26.3 Å². The molecule has 0 aromatic heterocycles. The number of carbonyl (C=O) groups excluding carboxylic acids is 1. The molecule has 0 spiro atoms. The van der Waals surface area contributed by atoms with Gasteiger partial charge in [-0.05, 0) is 44.0 Å². The van der Waals surface area contributed by atoms with Crippen LogP contribution in [-0.4, -0.2) is 12.0 Å². The summed E-state index contributed by atoms with van der Waals surface area (Å²) in [5.41, 5.74) is -2.44. The molecule has 0 heterocycles. The van der Waals surface area contributed by atoms with Crippen molar-refractivity contribution >= 4 is 37.6 Å². The Morgan fingerprint density at radius 2 is 1.50 bits per heavy atom. The molecule has 0 saturated heterocycles. The molecule has 0 fully saturated rings. The highest BCUT2D eigenvalue weighted by atomic mass is 79.9. The van der Waals surface area contributed by atoms with E-state index in [1.54, 1.807) is 0 Å². The van der Waals surface area contributed by atoms with Crippen LogP contribution in [0, 0.1) is 0 Å². The highest BCUT2D eigenvalue weighted by molar-refractivity contribution is 9.13. The Morgan fingerprint density at radius 1 is 1.00 bits per heavy atom. The number of hydrogen-bond acceptors (Lipinski definition) is 1. The Bertz CT molecular complexity index is 491. The monoisotopic (exact) mass is 398 g/mol. The molecule has 0 saturated carbocycles. The average molecular weight is 400 g/mol. The number of ketones is 1. The zero-order valence-corrected chi connectivity index (χ0v) is 11.3. The van der Waals surface area contributed by atoms with Gasteiger partial charge in [0.05, 0.1) is 5.56 Å². The molecule has 0 unspecified atom stereocenters. The van der Waals surface area contributed by atoms with Gasteiger partial charge in [0.25, 0.3) is 5.78 Å². The van der Waals surface area contributed by atoms with E-state index in [2.05, 4.69) is 31.9 Å². The van der Waals surface area contributed by atoms with Gasteiger partial charge in [0.1, 0.15) is 0 Å². The molecule has 0 N–H and O–H groups in total. The van der Waals surface area contributed by atoms with E-state index < -0.39 is 33.7 Å². The predicted octanol–water partition coefficient (Wildman–Crippen LogP) is 4.98. The summed E-state index contributed by atoms with van der Waals surface area (Å²) in [7, 11) is 0. The zero-order chi connectivity index (χ0) is 14.3. The van der Waals surface area contributed by atoms with Crippen LogP contribution >= 0.6 is 31.9 Å². The SMILES string of the molecule is O=C(c1cc(Br)c(Br)c(C(F)(F)F)c1)C(F)(F)F. The van der Waals surface area contributed by atoms with Crippen molar-refractivity contribution in [1.82, 2.24) is 0 Å². The van der Waals surface area contributed by atoms with Crippen LogP contribution in [0.25, 0.3) is 0 Å². The predicted molar refractivity (Wildman–Crippen MR) is 57.2 cm³/mol. The molecule has 1 nitrogen and oxygen atoms in total. The van der Waals surface area contributed by atoms with Crippen LogP contribution in [0.4, 0.5) is 26.3 Å². The largest absolute Gasteiger partial charge is 0.454 e. The fourth-order valence-corrected chi connectivity index (χ4v) is 2.00. The Kier molecular flexibility index (Phi) is 4.16. The van der Waals surface area contributed by atoms with Gasteiger partial charge in [-0.1, -0.05) is 0 Å². The maximum absolute atomic E-state index is 12.5. The molecule has 0 bridgehead atoms. The molecule has 0 aliphatic rings. The average Bonchev–Trinajstić information content (AvgIpc) is 2.17. The van der Waals surface area contributed by atoms with Crippen molar-refractivity contribution in [3.8, 4) is 0 Å². The highest BCUT2D eigenvalue weighted by Crippen LogP contribution is 2.40. The van der Waals surface area contributed by atoms with Crippen molar-refractivity contribution in [3.63, 3.8) is 0 Å². The molecule has 1 rings (SSSR count). The Balaban J connectivity index is 3.43. The van der Waals surface area contributed by atoms with E-state index in [-0.39, 0.29) is 10.5 Å². The van der Waals surface area contributed by atoms with Gasteiger partial charge in [-0.15, -0.1) is 0 Å². The van der Waals surface area contributed by atoms with Crippen LogP contribution in [0.5, 0.6) is 0 Å². The van der Waals surface area contributed by atoms with Crippen molar-refractivity contribution in [2.45, 2.75) is 12.4 Å². The second-order valence-electron chi connectivity index (χ2n) is 3.14. The lowest BCUT2D eigenvalue weighted by molar-refractivity contribution is -0.138. The summed E-state index contributed by atoms with van der Waals surface area (Å²) in [5.74, 6) is -2.33. The van der Waals surface area contributed by atoms with Crippen LogP contribution in [0.2, 0.25) is 0 Å². The first kappa shape index (κ1) is 15.5. The fraction of sp³-hybridized carbons (Fsp3) is 0.222. The van der Waals surface area contributed by atoms with E-state index in [4.69, 9.17) is 0 Å². The maximum atomic E-state index is 12.5. The number of alkyl halides is 6. The molecule has 0 aliphatic heterocycles. The number of carbonyl (C=O) groups is 1. The second-order valence-corrected chi connectivity index (χ2v) is 4.79. The van der Waals surface area contributed by atoms with E-state index in [0.29, 0.717) is 6.07 Å². The van der Waals surface area contributed by atoms with E-state index in [1.165, 1.54) is 0 Å². The molecule has 9 heteroatoms. The standard InChI is InChI=1S/C9H2Br2F6O/c10-5-2-3(7(18)9(15,16)17)1-4(6(5)11)8(12,13)14/h1-2H. The molecule has 18 heavy (non-hydrogen) atoms. The minimum Gasteiger partial charge on any atom is -0.284 e. The summed E-state index contributed by atoms with van der Waals surface area (Å²) in [6, 6.07) is 0.833. The smallest absolute Gasteiger partial charge is 0.284 e. The first-order valence-electron chi connectivity index (χ1n) is 4.12. The summed E-state index contributed by atoms with van der Waals surface area (Å²) in [4.78, 5) is 10.9. The summed E-state index contributed by atoms with van der Waals surface area (Å²) in [6.07, 6.45) is -10.1. The number of halogens is 8. The van der Waals surface area contributed by atoms with Gasteiger partial charge in [-0.3, -0.25) is 4.79 Å². The van der Waals surface area contributed by atoms with Gasteiger partial charge < -0.3 is 0 Å². The van der Waals surface area contributed by atoms with Crippen molar-refractivity contribution in [3.05, 3.63) is 32.2 Å². The third-order valence-electron chi connectivity index (χ3n) is 1.85. The molecule has 1 aromatic carbocycles. The second kappa shape index (κ2) is 4.84. The molecule has 100 valence electrons. The lowest BCUT2D eigenvalue weighted by Gasteiger charge is -2.13. The number of hydrogen-bond donors (Lipinski definition) is 0. The van der Waals surface area contributed by atoms with E-state index in [9.17, 15) is 31.1 Å². The summed E-state index contributed by atoms with van der Waals surface area (Å²) < 4.78 is 73.2. The van der Waals surface area contributed by atoms with Crippen molar-refractivity contribution in [1.29, 1.82) is 0 Å². The van der Waals surface area contributed by atoms with Crippen LogP contribution < -0.4 is 0 Å². The van der Waals surface area contributed by atoms with Gasteiger partial charge in [-0.25, -0.2) is 0 Å². The zero-order valence-electron chi connectivity index (χ0n) is 8.09. The van der Waals surface area contributed by atoms with Gasteiger partial charge in [0, 0.05) is 14.5 Å². The first-order valence-corrected chi connectivity index (χ1v) is 5.71. The fourth-order valence-electron chi connectivity index (χ4n) is 1.09. The molecule has 1 aromatic rings. The molecule has 0 atom stereocenters. The van der Waals surface area contributed by atoms with Crippen LogP contribution in [-0.2, 0) is 6.18 Å². The Hall–Kier alpha value is -0.570. The van der Waals surface area contributed by atoms with E-state index in [0.717, 1.165) is 0 Å². The Morgan fingerprint density at radius 3 is 1.89 bits per heavy atom. The molecule has 0 amide bonds. The van der Waals surface area contributed by atoms with Crippen LogP contribution in [0.3, 0.4) is 0 Å². The lowest BCUT2D eigenvalue weighted by Crippen LogP contribution is -2.23. The molecule has 0 radical (unpaired) electrons. The third kappa shape index (κ3) is 3.25. The molecule has 0 aliphatic carbocycles. The number of rotatable bonds is 1. The Labute approximate surface area is 113 Å². The lowest BCUT2D eigenvalue weighted by atomic mass is 10.1. The summed E-state index contributed by atoms with van der Waals surface area (Å²) in [5, 5.41) is 0. The first-order chi connectivity index (χ1) is 7.94. The van der Waals surface area contributed by atoms with E-state index in [1.807, 2.05) is 0 Å². The maximum Gasteiger partial charge on any atom is 0.454 e. The van der Waals surface area contributed by atoms with Crippen molar-refractivity contribution in [2.24, 2.45) is 0 Å². The summed E-state index contributed by atoms with van der Waals surface area (Å²) >= 11 is 5.25. The van der Waals surface area contributed by atoms with Gasteiger partial charge >= 0.3 is 12.4 Å². The highest BCUT2D eigenvalue weighted by Gasteiger charge is 2.41. The molecular formula is C9H2Br2F6O. The van der Waals surface area contributed by atoms with Crippen LogP contribution in [0.1, 0.15) is 15.9 Å². The van der Waals surface area contributed by atoms with Crippen molar-refractivity contribution in [2.75, 3.05) is 0 Å². The quantitative estimate of drug-likeness (QED) is 0.481. The molecular weight excluding hydrogens is 398 g/mol. The van der Waals surface area contributed by atoms with E-state index >= 15 is 0 Å². The van der Waals surface area contributed by atoms with Gasteiger partial charge in [0.15, 0.2) is 0 Å². The third-order valence-corrected chi connectivity index (χ3v) is 3.87. The minimum atomic E-state index is -5.23. The normalized spacial score (nSPS) is 12.7. The number of benzene rings is 1. The minimum absolute atomic E-state index is 0.157. The topological polar surface area (TPSA) is 17.1 Å². The summed E-state index contributed by atoms with van der Waals surface area (Å²) in [6.45, 7) is 0. The van der Waals surface area contributed by atoms with Gasteiger partial charge in [0.2, 0.25) is 0 Å². The number of Topliss-reactive ketones (excluding diaryl/α,β-unsaturated/α-hetero) is 1. The van der Waals surface area contributed by atoms with Crippen molar-refractivity contribution < 1.29 is 31.1 Å². The van der Waals surface area contributed by atoms with Crippen LogP contribution in [0.15, 0.2) is 21.1 Å².